The van der Waals surface area contributed by atoms with Gasteiger partial charge >= 0.3 is 0 Å². The smallest absolute Gasteiger partial charge is 0.274 e. The van der Waals surface area contributed by atoms with E-state index in [1.165, 1.54) is 0 Å². The van der Waals surface area contributed by atoms with Crippen LogP contribution in [0.1, 0.15) is 21.9 Å². The summed E-state index contributed by atoms with van der Waals surface area (Å²) in [4.78, 5) is 21.6. The van der Waals surface area contributed by atoms with Crippen LogP contribution >= 0.6 is 23.2 Å². The summed E-state index contributed by atoms with van der Waals surface area (Å²) in [6.07, 6.45) is 0. The van der Waals surface area contributed by atoms with Crippen LogP contribution in [0.2, 0.25) is 10.0 Å². The topological polar surface area (TPSA) is 54.3 Å². The molecule has 3 heterocycles. The Morgan fingerprint density at radius 1 is 1.00 bits per heavy atom. The molecule has 0 spiro atoms. The maximum atomic E-state index is 13.1. The molecule has 0 N–H and O–H groups in total. The van der Waals surface area contributed by atoms with E-state index in [2.05, 4.69) is 15.0 Å². The Balaban J connectivity index is 1.51. The predicted octanol–water partition coefficient (Wildman–Crippen LogP) is 4.15. The van der Waals surface area contributed by atoms with Crippen molar-refractivity contribution in [2.75, 3.05) is 31.1 Å². The first kappa shape index (κ1) is 19.7. The molecule has 1 saturated heterocycles. The number of rotatable bonds is 3. The molecule has 0 saturated carbocycles. The van der Waals surface area contributed by atoms with Crippen LogP contribution in [-0.4, -0.2) is 51.8 Å². The van der Waals surface area contributed by atoms with Crippen molar-refractivity contribution in [1.29, 1.82) is 0 Å². The summed E-state index contributed by atoms with van der Waals surface area (Å²) >= 11 is 12.4. The van der Waals surface area contributed by atoms with Gasteiger partial charge in [0.15, 0.2) is 5.82 Å². The standard InChI is InChI=1S/C21H21Cl2N5O/c1-14-12-15(2)28(25-14)19-7-6-18(23)20(24-19)21(29)27-10-8-26(9-11-27)17-5-3-4-16(22)13-17/h3-7,12-13H,8-11H2,1-2H3. The minimum absolute atomic E-state index is 0.163. The fourth-order valence-corrected chi connectivity index (χ4v) is 3.92. The number of halogens is 2. The minimum atomic E-state index is -0.163. The SMILES string of the molecule is Cc1cc(C)n(-c2ccc(Cl)c(C(=O)N3CCN(c4cccc(Cl)c4)CC3)n2)n1. The van der Waals surface area contributed by atoms with Gasteiger partial charge in [-0.15, -0.1) is 0 Å². The van der Waals surface area contributed by atoms with E-state index in [9.17, 15) is 4.79 Å². The molecule has 0 bridgehead atoms. The first-order valence-electron chi connectivity index (χ1n) is 9.42. The fraction of sp³-hybridized carbons (Fsp3) is 0.286. The molecule has 0 aliphatic carbocycles. The van der Waals surface area contributed by atoms with Crippen LogP contribution in [0.25, 0.3) is 5.82 Å². The second-order valence-corrected chi connectivity index (χ2v) is 7.94. The van der Waals surface area contributed by atoms with Gasteiger partial charge in [-0.05, 0) is 50.2 Å². The quantitative estimate of drug-likeness (QED) is 0.627. The summed E-state index contributed by atoms with van der Waals surface area (Å²) < 4.78 is 1.72. The first-order chi connectivity index (χ1) is 13.9. The van der Waals surface area contributed by atoms with E-state index in [-0.39, 0.29) is 11.6 Å². The van der Waals surface area contributed by atoms with Gasteiger partial charge in [0.2, 0.25) is 0 Å². The molecule has 4 rings (SSSR count). The third kappa shape index (κ3) is 4.09. The molecule has 6 nitrogen and oxygen atoms in total. The molecule has 1 fully saturated rings. The van der Waals surface area contributed by atoms with Crippen molar-refractivity contribution in [2.24, 2.45) is 0 Å². The van der Waals surface area contributed by atoms with Gasteiger partial charge in [-0.3, -0.25) is 4.79 Å². The number of carbonyl (C=O) groups excluding carboxylic acids is 1. The van der Waals surface area contributed by atoms with Crippen LogP contribution in [0.3, 0.4) is 0 Å². The number of pyridine rings is 1. The van der Waals surface area contributed by atoms with E-state index in [1.807, 2.05) is 44.2 Å². The molecule has 0 unspecified atom stereocenters. The third-order valence-electron chi connectivity index (χ3n) is 5.00. The molecule has 2 aromatic heterocycles. The van der Waals surface area contributed by atoms with Crippen molar-refractivity contribution in [3.63, 3.8) is 0 Å². The maximum absolute atomic E-state index is 13.1. The number of carbonyl (C=O) groups is 1. The number of piperazine rings is 1. The van der Waals surface area contributed by atoms with Crippen molar-refractivity contribution in [1.82, 2.24) is 19.7 Å². The normalized spacial score (nSPS) is 14.3. The van der Waals surface area contributed by atoms with Crippen LogP contribution in [0, 0.1) is 13.8 Å². The summed E-state index contributed by atoms with van der Waals surface area (Å²) in [6, 6.07) is 13.2. The molecular weight excluding hydrogens is 409 g/mol. The fourth-order valence-electron chi connectivity index (χ4n) is 3.55. The lowest BCUT2D eigenvalue weighted by molar-refractivity contribution is 0.0741. The Bertz CT molecular complexity index is 1060. The molecule has 3 aromatic rings. The zero-order valence-electron chi connectivity index (χ0n) is 16.3. The average molecular weight is 430 g/mol. The Morgan fingerprint density at radius 2 is 1.76 bits per heavy atom. The van der Waals surface area contributed by atoms with Crippen LogP contribution in [0.4, 0.5) is 5.69 Å². The van der Waals surface area contributed by atoms with Gasteiger partial charge < -0.3 is 9.80 Å². The van der Waals surface area contributed by atoms with Crippen molar-refractivity contribution >= 4 is 34.8 Å². The van der Waals surface area contributed by atoms with E-state index in [1.54, 1.807) is 21.7 Å². The molecule has 1 amide bonds. The third-order valence-corrected chi connectivity index (χ3v) is 5.54. The number of amides is 1. The van der Waals surface area contributed by atoms with E-state index < -0.39 is 0 Å². The summed E-state index contributed by atoms with van der Waals surface area (Å²) in [6.45, 7) is 6.50. The minimum Gasteiger partial charge on any atom is -0.368 e. The Kier molecular flexibility index (Phi) is 5.48. The van der Waals surface area contributed by atoms with Gasteiger partial charge in [0, 0.05) is 42.6 Å². The van der Waals surface area contributed by atoms with Gasteiger partial charge in [0.1, 0.15) is 5.69 Å². The molecule has 0 radical (unpaired) electrons. The van der Waals surface area contributed by atoms with Gasteiger partial charge in [-0.1, -0.05) is 29.3 Å². The highest BCUT2D eigenvalue weighted by Gasteiger charge is 2.25. The monoisotopic (exact) mass is 429 g/mol. The van der Waals surface area contributed by atoms with Gasteiger partial charge in [-0.2, -0.15) is 5.10 Å². The number of benzene rings is 1. The van der Waals surface area contributed by atoms with Crippen LogP contribution < -0.4 is 4.90 Å². The zero-order chi connectivity index (χ0) is 20.5. The van der Waals surface area contributed by atoms with Crippen molar-refractivity contribution in [2.45, 2.75) is 13.8 Å². The molecule has 8 heteroatoms. The molecule has 1 aliphatic heterocycles. The van der Waals surface area contributed by atoms with Gasteiger partial charge in [0.25, 0.3) is 5.91 Å². The van der Waals surface area contributed by atoms with Crippen molar-refractivity contribution in [3.05, 3.63) is 69.6 Å². The number of anilines is 1. The maximum Gasteiger partial charge on any atom is 0.274 e. The average Bonchev–Trinajstić information content (AvgIpc) is 3.06. The first-order valence-corrected chi connectivity index (χ1v) is 10.2. The number of hydrogen-bond acceptors (Lipinski definition) is 4. The highest BCUT2D eigenvalue weighted by atomic mass is 35.5. The van der Waals surface area contributed by atoms with Crippen molar-refractivity contribution < 1.29 is 4.79 Å². The van der Waals surface area contributed by atoms with Gasteiger partial charge in [0.05, 0.1) is 10.7 Å². The molecule has 0 atom stereocenters. The van der Waals surface area contributed by atoms with Gasteiger partial charge in [-0.25, -0.2) is 9.67 Å². The lowest BCUT2D eigenvalue weighted by Crippen LogP contribution is -2.49. The molecule has 1 aromatic carbocycles. The predicted molar refractivity (Wildman–Crippen MR) is 115 cm³/mol. The lowest BCUT2D eigenvalue weighted by atomic mass is 10.2. The molecule has 150 valence electrons. The van der Waals surface area contributed by atoms with E-state index in [0.29, 0.717) is 29.0 Å². The highest BCUT2D eigenvalue weighted by Crippen LogP contribution is 2.23. The number of nitrogens with zero attached hydrogens (tertiary/aromatic N) is 5. The Labute approximate surface area is 179 Å². The van der Waals surface area contributed by atoms with E-state index >= 15 is 0 Å². The summed E-state index contributed by atoms with van der Waals surface area (Å²) in [7, 11) is 0. The largest absolute Gasteiger partial charge is 0.368 e. The number of aromatic nitrogens is 3. The van der Waals surface area contributed by atoms with E-state index in [0.717, 1.165) is 30.2 Å². The second-order valence-electron chi connectivity index (χ2n) is 7.10. The summed E-state index contributed by atoms with van der Waals surface area (Å²) in [5, 5.41) is 5.49. The highest BCUT2D eigenvalue weighted by molar-refractivity contribution is 6.33. The van der Waals surface area contributed by atoms with E-state index in [4.69, 9.17) is 23.2 Å². The lowest BCUT2D eigenvalue weighted by Gasteiger charge is -2.36. The zero-order valence-corrected chi connectivity index (χ0v) is 17.8. The number of hydrogen-bond donors (Lipinski definition) is 0. The second kappa shape index (κ2) is 8.05. The van der Waals surface area contributed by atoms with Crippen LogP contribution in [0.5, 0.6) is 0 Å². The van der Waals surface area contributed by atoms with Crippen LogP contribution in [-0.2, 0) is 0 Å². The summed E-state index contributed by atoms with van der Waals surface area (Å²) in [5.74, 6) is 0.421. The Hall–Kier alpha value is -2.57. The van der Waals surface area contributed by atoms with Crippen LogP contribution in [0.15, 0.2) is 42.5 Å². The van der Waals surface area contributed by atoms with Crippen molar-refractivity contribution in [3.8, 4) is 5.82 Å². The molecule has 1 aliphatic rings. The number of aryl methyl sites for hydroxylation is 2. The summed E-state index contributed by atoms with van der Waals surface area (Å²) in [5.41, 5.74) is 3.16. The molecular formula is C21H21Cl2N5O. The Morgan fingerprint density at radius 3 is 2.41 bits per heavy atom. The molecule has 29 heavy (non-hydrogen) atoms.